The predicted octanol–water partition coefficient (Wildman–Crippen LogP) is 7.23. The van der Waals surface area contributed by atoms with Crippen LogP contribution in [-0.4, -0.2) is 29.7 Å². The molecule has 2 N–H and O–H groups in total. The first kappa shape index (κ1) is 26.3. The Hall–Kier alpha value is -4.34. The minimum absolute atomic E-state index is 0.0750. The number of hydrogen-bond acceptors (Lipinski definition) is 6. The number of ether oxygens (including phenoxy) is 2. The first-order valence-electron chi connectivity index (χ1n) is 11.9. The summed E-state index contributed by atoms with van der Waals surface area (Å²) in [5.41, 5.74) is 5.67. The van der Waals surface area contributed by atoms with Crippen LogP contribution >= 0.6 is 27.5 Å². The largest absolute Gasteiger partial charge is 0.490 e. The van der Waals surface area contributed by atoms with Gasteiger partial charge in [-0.15, -0.1) is 0 Å². The van der Waals surface area contributed by atoms with E-state index in [1.165, 1.54) is 18.5 Å². The summed E-state index contributed by atoms with van der Waals surface area (Å²) in [7, 11) is 0. The summed E-state index contributed by atoms with van der Waals surface area (Å²) in [6.07, 6.45) is 2.85. The van der Waals surface area contributed by atoms with Crippen molar-refractivity contribution in [3.05, 3.63) is 106 Å². The van der Waals surface area contributed by atoms with Gasteiger partial charge in [-0.05, 0) is 70.9 Å². The second kappa shape index (κ2) is 11.6. The van der Waals surface area contributed by atoms with E-state index >= 15 is 0 Å². The maximum atomic E-state index is 13.3. The Labute approximate surface area is 236 Å². The normalized spacial score (nSPS) is 11.2. The van der Waals surface area contributed by atoms with Crippen molar-refractivity contribution in [3.63, 3.8) is 0 Å². The van der Waals surface area contributed by atoms with E-state index in [1.807, 2.05) is 43.3 Å². The van der Waals surface area contributed by atoms with E-state index in [2.05, 4.69) is 31.4 Å². The molecule has 39 heavy (non-hydrogen) atoms. The monoisotopic (exact) mass is 605 g/mol. The van der Waals surface area contributed by atoms with E-state index < -0.39 is 11.9 Å². The van der Waals surface area contributed by atoms with Gasteiger partial charge in [-0.1, -0.05) is 41.9 Å². The number of amides is 1. The van der Waals surface area contributed by atoms with Crippen LogP contribution in [0.3, 0.4) is 0 Å². The molecule has 5 rings (SSSR count). The van der Waals surface area contributed by atoms with Gasteiger partial charge in [0.25, 0.3) is 5.91 Å². The number of benzene rings is 3. The van der Waals surface area contributed by atoms with Crippen molar-refractivity contribution < 1.29 is 23.5 Å². The highest BCUT2D eigenvalue weighted by molar-refractivity contribution is 9.10. The third-order valence-electron chi connectivity index (χ3n) is 5.73. The number of hydrogen-bond donors (Lipinski definition) is 2. The number of furan rings is 1. The molecular formula is C29H21BrClN3O5. The van der Waals surface area contributed by atoms with Gasteiger partial charge >= 0.3 is 5.97 Å². The zero-order valence-corrected chi connectivity index (χ0v) is 22.9. The fourth-order valence-corrected chi connectivity index (χ4v) is 4.72. The molecule has 0 bridgehead atoms. The number of fused-ring (bicyclic) bond motifs is 1. The van der Waals surface area contributed by atoms with Crippen LogP contribution in [0.2, 0.25) is 5.02 Å². The predicted molar refractivity (Wildman–Crippen MR) is 153 cm³/mol. The minimum atomic E-state index is -0.645. The maximum absolute atomic E-state index is 13.3. The Bertz CT molecular complexity index is 1690. The second-order valence-electron chi connectivity index (χ2n) is 8.22. The Morgan fingerprint density at radius 2 is 1.92 bits per heavy atom. The number of aromatic amines is 1. The summed E-state index contributed by atoms with van der Waals surface area (Å²) in [5.74, 6) is -0.445. The van der Waals surface area contributed by atoms with Crippen LogP contribution in [0.5, 0.6) is 11.5 Å². The van der Waals surface area contributed by atoms with E-state index in [9.17, 15) is 9.59 Å². The summed E-state index contributed by atoms with van der Waals surface area (Å²) in [5, 5.41) is 5.49. The number of nitrogens with one attached hydrogen (secondary N) is 2. The molecule has 0 aliphatic rings. The topological polar surface area (TPSA) is 106 Å². The summed E-state index contributed by atoms with van der Waals surface area (Å²) in [4.78, 5) is 28.8. The van der Waals surface area contributed by atoms with Crippen molar-refractivity contribution >= 4 is 56.5 Å². The molecule has 3 aromatic carbocycles. The number of nitrogens with zero attached hydrogens (tertiary/aromatic N) is 1. The lowest BCUT2D eigenvalue weighted by Gasteiger charge is -2.10. The standard InChI is InChI=1S/C29H21BrClN3O5/c1-2-37-24-15-17(12-13-22(24)39-29(36)23-11-6-14-38-23)16-32-34-28(35)27-25(18-7-3-4-10-21(18)31)19-8-5-9-20(30)26(19)33-27/h3-16,33H,2H2,1H3,(H,34,35). The van der Waals surface area contributed by atoms with Gasteiger partial charge in [0.1, 0.15) is 5.69 Å². The Kier molecular flexibility index (Phi) is 7.81. The van der Waals surface area contributed by atoms with Crippen LogP contribution in [0, 0.1) is 0 Å². The van der Waals surface area contributed by atoms with Gasteiger partial charge in [-0.3, -0.25) is 4.79 Å². The second-order valence-corrected chi connectivity index (χ2v) is 9.48. The van der Waals surface area contributed by atoms with E-state index in [-0.39, 0.29) is 11.5 Å². The lowest BCUT2D eigenvalue weighted by molar-refractivity contribution is 0.0695. The summed E-state index contributed by atoms with van der Waals surface area (Å²) in [6, 6.07) is 21.1. The average molecular weight is 607 g/mol. The quantitative estimate of drug-likeness (QED) is 0.0839. The zero-order chi connectivity index (χ0) is 27.4. The van der Waals surface area contributed by atoms with Gasteiger partial charge in [0.15, 0.2) is 11.5 Å². The highest BCUT2D eigenvalue weighted by Crippen LogP contribution is 2.38. The molecule has 0 saturated heterocycles. The van der Waals surface area contributed by atoms with Gasteiger partial charge in [0.05, 0.1) is 24.6 Å². The molecule has 8 nitrogen and oxygen atoms in total. The van der Waals surface area contributed by atoms with Crippen LogP contribution in [0.1, 0.15) is 33.5 Å². The lowest BCUT2D eigenvalue weighted by atomic mass is 10.0. The molecule has 5 aromatic rings. The third kappa shape index (κ3) is 5.59. The number of hydrazone groups is 1. The molecule has 2 heterocycles. The molecule has 0 aliphatic carbocycles. The molecule has 0 radical (unpaired) electrons. The molecule has 0 atom stereocenters. The number of aromatic nitrogens is 1. The van der Waals surface area contributed by atoms with Crippen LogP contribution in [0.4, 0.5) is 0 Å². The van der Waals surface area contributed by atoms with Crippen LogP contribution in [-0.2, 0) is 0 Å². The van der Waals surface area contributed by atoms with Crippen molar-refractivity contribution in [1.82, 2.24) is 10.4 Å². The molecule has 0 saturated carbocycles. The van der Waals surface area contributed by atoms with Crippen molar-refractivity contribution in [2.24, 2.45) is 5.10 Å². The molecule has 2 aromatic heterocycles. The first-order chi connectivity index (χ1) is 19.0. The van der Waals surface area contributed by atoms with Crippen LogP contribution in [0.15, 0.2) is 93.1 Å². The van der Waals surface area contributed by atoms with Gasteiger partial charge < -0.3 is 18.9 Å². The van der Waals surface area contributed by atoms with Gasteiger partial charge in [-0.25, -0.2) is 10.2 Å². The minimum Gasteiger partial charge on any atom is -0.490 e. The van der Waals surface area contributed by atoms with Crippen molar-refractivity contribution in [2.45, 2.75) is 6.92 Å². The summed E-state index contributed by atoms with van der Waals surface area (Å²) in [6.45, 7) is 2.16. The number of carbonyl (C=O) groups is 2. The Balaban J connectivity index is 1.39. The number of esters is 1. The number of rotatable bonds is 8. The number of halogens is 2. The van der Waals surface area contributed by atoms with Gasteiger partial charge in [0, 0.05) is 26.0 Å². The molecule has 0 fully saturated rings. The van der Waals surface area contributed by atoms with E-state index in [1.54, 1.807) is 30.3 Å². The van der Waals surface area contributed by atoms with Crippen molar-refractivity contribution in [2.75, 3.05) is 6.61 Å². The van der Waals surface area contributed by atoms with E-state index in [4.69, 9.17) is 25.5 Å². The fraction of sp³-hybridized carbons (Fsp3) is 0.0690. The highest BCUT2D eigenvalue weighted by atomic mass is 79.9. The number of carbonyl (C=O) groups excluding carboxylic acids is 2. The molecule has 0 unspecified atom stereocenters. The van der Waals surface area contributed by atoms with E-state index in [0.29, 0.717) is 34.2 Å². The van der Waals surface area contributed by atoms with Crippen LogP contribution in [0.25, 0.3) is 22.0 Å². The fourth-order valence-electron chi connectivity index (χ4n) is 4.02. The number of H-pyrrole nitrogens is 1. The maximum Gasteiger partial charge on any atom is 0.379 e. The SMILES string of the molecule is CCOc1cc(C=NNC(=O)c2[nH]c3c(Br)cccc3c2-c2ccccc2Cl)ccc1OC(=O)c1ccco1. The molecule has 1 amide bonds. The van der Waals surface area contributed by atoms with E-state index in [0.717, 1.165) is 20.9 Å². The molecular weight excluding hydrogens is 586 g/mol. The lowest BCUT2D eigenvalue weighted by Crippen LogP contribution is -2.19. The molecule has 196 valence electrons. The van der Waals surface area contributed by atoms with Gasteiger partial charge in [0.2, 0.25) is 5.76 Å². The smallest absolute Gasteiger partial charge is 0.379 e. The Morgan fingerprint density at radius 1 is 1.08 bits per heavy atom. The first-order valence-corrected chi connectivity index (χ1v) is 13.0. The molecule has 0 spiro atoms. The molecule has 0 aliphatic heterocycles. The zero-order valence-electron chi connectivity index (χ0n) is 20.5. The Morgan fingerprint density at radius 3 is 2.69 bits per heavy atom. The van der Waals surface area contributed by atoms with Crippen LogP contribution < -0.4 is 14.9 Å². The van der Waals surface area contributed by atoms with Gasteiger partial charge in [-0.2, -0.15) is 5.10 Å². The van der Waals surface area contributed by atoms with Crippen molar-refractivity contribution in [3.8, 4) is 22.6 Å². The third-order valence-corrected chi connectivity index (χ3v) is 6.72. The average Bonchev–Trinajstić information content (AvgIpc) is 3.60. The molecule has 10 heteroatoms. The summed E-state index contributed by atoms with van der Waals surface area (Å²) < 4.78 is 16.9. The number of para-hydroxylation sites is 1. The van der Waals surface area contributed by atoms with Crippen molar-refractivity contribution in [1.29, 1.82) is 0 Å². The highest BCUT2D eigenvalue weighted by Gasteiger charge is 2.22. The summed E-state index contributed by atoms with van der Waals surface area (Å²) >= 11 is 10.0.